The maximum Gasteiger partial charge on any atom is 0.136 e. The van der Waals surface area contributed by atoms with E-state index in [1.54, 1.807) is 0 Å². The van der Waals surface area contributed by atoms with Crippen molar-refractivity contribution in [2.45, 2.75) is 24.9 Å². The normalized spacial score (nSPS) is 17.8. The molecule has 0 fully saturated rings. The number of anilines is 1. The summed E-state index contributed by atoms with van der Waals surface area (Å²) in [6.45, 7) is 0. The van der Waals surface area contributed by atoms with Gasteiger partial charge >= 0.3 is 0 Å². The van der Waals surface area contributed by atoms with E-state index in [0.29, 0.717) is 6.04 Å². The molecule has 0 saturated heterocycles. The highest BCUT2D eigenvalue weighted by Gasteiger charge is 2.36. The number of rotatable bonds is 4. The van der Waals surface area contributed by atoms with E-state index >= 15 is 0 Å². The topological polar surface area (TPSA) is 32.9 Å². The number of aromatic nitrogens is 2. The smallest absolute Gasteiger partial charge is 0.136 e. The highest BCUT2D eigenvalue weighted by Crippen LogP contribution is 2.35. The van der Waals surface area contributed by atoms with Gasteiger partial charge in [-0.15, -0.1) is 0 Å². The molecule has 0 spiro atoms. The molecule has 2 aromatic heterocycles. The quantitative estimate of drug-likeness (QED) is 0.199. The van der Waals surface area contributed by atoms with Gasteiger partial charge in [-0.2, -0.15) is 0 Å². The summed E-state index contributed by atoms with van der Waals surface area (Å²) in [4.78, 5) is 12.8. The molecule has 0 N–H and O–H groups in total. The summed E-state index contributed by atoms with van der Waals surface area (Å²) in [5.41, 5.74) is 11.3. The molecular formula is C40H30N4. The second-order valence-electron chi connectivity index (χ2n) is 11.7. The van der Waals surface area contributed by atoms with Gasteiger partial charge in [-0.3, -0.25) is 4.99 Å². The molecule has 0 amide bonds. The van der Waals surface area contributed by atoms with Gasteiger partial charge in [-0.05, 0) is 60.4 Å². The number of allylic oxidation sites excluding steroid dienone is 1. The lowest BCUT2D eigenvalue weighted by Gasteiger charge is -2.30. The molecule has 0 bridgehead atoms. The fraction of sp³-hybridized carbons (Fsp3) is 0.100. The first-order valence-electron chi connectivity index (χ1n) is 15.4. The number of aliphatic imine (C=N–C) groups is 1. The predicted octanol–water partition coefficient (Wildman–Crippen LogP) is 9.33. The molecule has 2 unspecified atom stereocenters. The summed E-state index contributed by atoms with van der Waals surface area (Å²) in [6, 6.07) is 48.2. The second-order valence-corrected chi connectivity index (χ2v) is 11.7. The van der Waals surface area contributed by atoms with Crippen LogP contribution in [0.15, 0.2) is 151 Å². The minimum atomic E-state index is 0.279. The monoisotopic (exact) mass is 566 g/mol. The minimum Gasteiger partial charge on any atom is -0.317 e. The zero-order valence-corrected chi connectivity index (χ0v) is 24.2. The van der Waals surface area contributed by atoms with Gasteiger partial charge in [-0.1, -0.05) is 109 Å². The number of amidine groups is 1. The maximum absolute atomic E-state index is 5.23. The Morgan fingerprint density at radius 2 is 1.25 bits per heavy atom. The third-order valence-corrected chi connectivity index (χ3v) is 9.15. The maximum atomic E-state index is 5.23. The Morgan fingerprint density at radius 3 is 2.05 bits per heavy atom. The Morgan fingerprint density at radius 1 is 0.591 bits per heavy atom. The van der Waals surface area contributed by atoms with Crippen LogP contribution in [0.1, 0.15) is 18.4 Å². The minimum absolute atomic E-state index is 0.279. The number of nitrogens with zero attached hydrogens (tertiary/aromatic N) is 4. The van der Waals surface area contributed by atoms with Gasteiger partial charge in [0.1, 0.15) is 5.84 Å². The van der Waals surface area contributed by atoms with Gasteiger partial charge in [-0.25, -0.2) is 4.98 Å². The molecule has 0 radical (unpaired) electrons. The van der Waals surface area contributed by atoms with Gasteiger partial charge < -0.3 is 9.30 Å². The van der Waals surface area contributed by atoms with Crippen LogP contribution in [-0.2, 0) is 0 Å². The first kappa shape index (κ1) is 25.1. The third-order valence-electron chi connectivity index (χ3n) is 9.15. The molecule has 4 nitrogen and oxygen atoms in total. The standard InChI is InChI=1S/C40H30N4/c1-2-11-32(12-3-1)43-36-16-8-6-14-34(36)42-40(43)30-24-20-28(21-25-30)27-18-22-29(23-19-27)39-38-26-31-10-4-7-15-35(31)44(38)37-17-9-5-13-33(37)41-39/h1-5,7-13,15-26,34,36H,6,14H2. The Kier molecular flexibility index (Phi) is 5.73. The summed E-state index contributed by atoms with van der Waals surface area (Å²) in [7, 11) is 0. The van der Waals surface area contributed by atoms with Crippen LogP contribution in [0.3, 0.4) is 0 Å². The molecule has 5 aromatic carbocycles. The number of para-hydroxylation sites is 4. The van der Waals surface area contributed by atoms with Crippen LogP contribution in [0.5, 0.6) is 0 Å². The van der Waals surface area contributed by atoms with E-state index in [0.717, 1.165) is 52.0 Å². The fourth-order valence-corrected chi connectivity index (χ4v) is 7.02. The highest BCUT2D eigenvalue weighted by molar-refractivity contribution is 6.12. The molecule has 1 aliphatic carbocycles. The zero-order chi connectivity index (χ0) is 29.0. The van der Waals surface area contributed by atoms with Gasteiger partial charge in [0.05, 0.1) is 39.8 Å². The molecular weight excluding hydrogens is 536 g/mol. The van der Waals surface area contributed by atoms with E-state index in [1.165, 1.54) is 27.7 Å². The predicted molar refractivity (Wildman–Crippen MR) is 182 cm³/mol. The van der Waals surface area contributed by atoms with Crippen molar-refractivity contribution in [3.8, 4) is 22.4 Å². The van der Waals surface area contributed by atoms with Gasteiger partial charge in [0, 0.05) is 22.2 Å². The van der Waals surface area contributed by atoms with Crippen LogP contribution in [0, 0.1) is 0 Å². The molecule has 2 atom stereocenters. The Balaban J connectivity index is 1.07. The second kappa shape index (κ2) is 10.1. The summed E-state index contributed by atoms with van der Waals surface area (Å²) in [5.74, 6) is 1.06. The fourth-order valence-electron chi connectivity index (χ4n) is 7.02. The van der Waals surface area contributed by atoms with Crippen molar-refractivity contribution < 1.29 is 0 Å². The zero-order valence-electron chi connectivity index (χ0n) is 24.2. The summed E-state index contributed by atoms with van der Waals surface area (Å²) >= 11 is 0. The largest absolute Gasteiger partial charge is 0.317 e. The Hall–Kier alpha value is -5.48. The van der Waals surface area contributed by atoms with Crippen molar-refractivity contribution in [2.24, 2.45) is 4.99 Å². The van der Waals surface area contributed by atoms with E-state index < -0.39 is 0 Å². The molecule has 4 heteroatoms. The van der Waals surface area contributed by atoms with Crippen LogP contribution < -0.4 is 4.90 Å². The van der Waals surface area contributed by atoms with E-state index in [2.05, 4.69) is 155 Å². The SMILES string of the molecule is C1=CC2C(CC1)N=C(c1ccc(-c3ccc(-c4nc5ccccc5n5c4cc4ccccc45)cc3)cc1)N2c1ccccc1. The molecule has 9 rings (SSSR count). The average Bonchev–Trinajstić information content (AvgIpc) is 3.68. The van der Waals surface area contributed by atoms with Crippen molar-refractivity contribution in [3.05, 3.63) is 151 Å². The first-order chi connectivity index (χ1) is 21.8. The lowest BCUT2D eigenvalue weighted by Crippen LogP contribution is -2.39. The molecule has 2 aliphatic rings. The number of hydrogen-bond donors (Lipinski definition) is 0. The van der Waals surface area contributed by atoms with E-state index in [-0.39, 0.29) is 6.04 Å². The highest BCUT2D eigenvalue weighted by atomic mass is 15.3. The van der Waals surface area contributed by atoms with Crippen LogP contribution in [0.2, 0.25) is 0 Å². The van der Waals surface area contributed by atoms with Crippen LogP contribution >= 0.6 is 0 Å². The van der Waals surface area contributed by atoms with Gasteiger partial charge in [0.25, 0.3) is 0 Å². The molecule has 44 heavy (non-hydrogen) atoms. The average molecular weight is 567 g/mol. The first-order valence-corrected chi connectivity index (χ1v) is 15.4. The van der Waals surface area contributed by atoms with Crippen molar-refractivity contribution in [1.82, 2.24) is 9.38 Å². The summed E-state index contributed by atoms with van der Waals surface area (Å²) < 4.78 is 2.34. The lowest BCUT2D eigenvalue weighted by atomic mass is 9.97. The van der Waals surface area contributed by atoms with E-state index in [4.69, 9.17) is 9.98 Å². The molecule has 0 saturated carbocycles. The van der Waals surface area contributed by atoms with Crippen molar-refractivity contribution >= 4 is 39.0 Å². The number of benzene rings is 5. The van der Waals surface area contributed by atoms with Crippen molar-refractivity contribution in [3.63, 3.8) is 0 Å². The molecule has 1 aliphatic heterocycles. The van der Waals surface area contributed by atoms with Gasteiger partial charge in [0.2, 0.25) is 0 Å². The molecule has 7 aromatic rings. The van der Waals surface area contributed by atoms with Crippen LogP contribution in [-0.4, -0.2) is 27.3 Å². The van der Waals surface area contributed by atoms with E-state index in [9.17, 15) is 0 Å². The Labute approximate surface area is 256 Å². The molecule has 210 valence electrons. The van der Waals surface area contributed by atoms with Crippen molar-refractivity contribution in [1.29, 1.82) is 0 Å². The molecule has 3 heterocycles. The third kappa shape index (κ3) is 3.99. The van der Waals surface area contributed by atoms with Crippen LogP contribution in [0.25, 0.3) is 49.8 Å². The Bertz CT molecular complexity index is 2220. The number of hydrogen-bond acceptors (Lipinski definition) is 3. The summed E-state index contributed by atoms with van der Waals surface area (Å²) in [6.07, 6.45) is 6.83. The lowest BCUT2D eigenvalue weighted by molar-refractivity contribution is 0.570. The summed E-state index contributed by atoms with van der Waals surface area (Å²) in [5, 5.41) is 1.22. The van der Waals surface area contributed by atoms with Gasteiger partial charge in [0.15, 0.2) is 0 Å². The van der Waals surface area contributed by atoms with Crippen molar-refractivity contribution in [2.75, 3.05) is 4.90 Å². The van der Waals surface area contributed by atoms with E-state index in [1.807, 2.05) is 0 Å². The van der Waals surface area contributed by atoms with Crippen LogP contribution in [0.4, 0.5) is 5.69 Å². The number of fused-ring (bicyclic) bond motifs is 6.